The van der Waals surface area contributed by atoms with Gasteiger partial charge in [0.25, 0.3) is 35.4 Å². The first kappa shape index (κ1) is 99.5. The summed E-state index contributed by atoms with van der Waals surface area (Å²) < 4.78 is 56.0. The second-order valence-electron chi connectivity index (χ2n) is 30.8. The Morgan fingerprint density at radius 1 is 0.447 bits per heavy atom. The van der Waals surface area contributed by atoms with Crippen LogP contribution in [0, 0.1) is 20.8 Å². The Morgan fingerprint density at radius 2 is 0.894 bits per heavy atom. The number of benzene rings is 2. The Hall–Kier alpha value is -13.1. The number of rotatable bonds is 54. The lowest BCUT2D eigenvalue weighted by Crippen LogP contribution is -2.31. The molecule has 132 heavy (non-hydrogen) atoms. The monoisotopic (exact) mass is 1860 g/mol. The number of nitrogens with zero attached hydrogens (tertiary/aromatic N) is 14. The maximum atomic E-state index is 13.6. The molecule has 0 unspecified atom stereocenters. The van der Waals surface area contributed by atoms with E-state index in [9.17, 15) is 47.9 Å². The number of hydrogen-bond donors (Lipinski definition) is 10. The van der Waals surface area contributed by atoms with Gasteiger partial charge in [-0.1, -0.05) is 23.7 Å². The Morgan fingerprint density at radius 3 is 1.36 bits per heavy atom. The molecular weight excluding hydrogens is 1750 g/mol. The van der Waals surface area contributed by atoms with Crippen LogP contribution in [0.1, 0.15) is 141 Å². The maximum absolute atomic E-state index is 13.6. The molecule has 8 aromatic heterocycles. The van der Waals surface area contributed by atoms with Gasteiger partial charge >= 0.3 is 0 Å². The largest absolute Gasteiger partial charge is 0.491 e. The van der Waals surface area contributed by atoms with Crippen molar-refractivity contribution in [1.82, 2.24) is 83.3 Å². The minimum atomic E-state index is -0.643. The number of hydrogen-bond acceptors (Lipinski definition) is 26. The van der Waals surface area contributed by atoms with Gasteiger partial charge in [-0.3, -0.25) is 57.5 Å². The zero-order valence-corrected chi connectivity index (χ0v) is 77.0. The van der Waals surface area contributed by atoms with Gasteiger partial charge in [0.1, 0.15) is 46.3 Å². The van der Waals surface area contributed by atoms with Gasteiger partial charge in [-0.15, -0.1) is 21.5 Å². The molecule has 2 aromatic carbocycles. The number of carbonyl (C=O) groups is 10. The van der Waals surface area contributed by atoms with E-state index in [-0.39, 0.29) is 109 Å². The van der Waals surface area contributed by atoms with E-state index in [0.717, 1.165) is 46.2 Å². The summed E-state index contributed by atoms with van der Waals surface area (Å²) in [7, 11) is 11.7. The fourth-order valence-corrected chi connectivity index (χ4v) is 15.1. The van der Waals surface area contributed by atoms with E-state index in [4.69, 9.17) is 54.5 Å². The first-order valence-corrected chi connectivity index (χ1v) is 44.1. The summed E-state index contributed by atoms with van der Waals surface area (Å²) in [4.78, 5) is 152. The molecular formula is C88H113ClN24O18S. The minimum Gasteiger partial charge on any atom is -0.491 e. The fourth-order valence-electron chi connectivity index (χ4n) is 13.7. The number of amides is 10. The van der Waals surface area contributed by atoms with Gasteiger partial charge in [0, 0.05) is 158 Å². The molecule has 0 radical (unpaired) electrons. The highest BCUT2D eigenvalue weighted by Crippen LogP contribution is 2.40. The van der Waals surface area contributed by atoms with Crippen molar-refractivity contribution in [3.05, 3.63) is 183 Å². The first-order valence-electron chi connectivity index (χ1n) is 42.9. The van der Waals surface area contributed by atoms with Crippen LogP contribution >= 0.6 is 22.9 Å². The van der Waals surface area contributed by atoms with Crippen LogP contribution in [-0.4, -0.2) is 272 Å². The van der Waals surface area contributed by atoms with Gasteiger partial charge in [0.15, 0.2) is 23.3 Å². The number of aliphatic imine (C=N–C) groups is 1. The number of anilines is 6. The molecule has 0 bridgehead atoms. The second-order valence-corrected chi connectivity index (χ2v) is 32.5. The van der Waals surface area contributed by atoms with Crippen molar-refractivity contribution < 1.29 is 85.8 Å². The van der Waals surface area contributed by atoms with E-state index in [1.165, 1.54) is 60.1 Å². The molecule has 706 valence electrons. The number of aryl methyl sites for hydroxylation is 8. The molecule has 0 aliphatic carbocycles. The predicted octanol–water partition coefficient (Wildman–Crippen LogP) is 6.46. The van der Waals surface area contributed by atoms with Crippen molar-refractivity contribution >= 4 is 122 Å². The third-order valence-corrected chi connectivity index (χ3v) is 22.0. The van der Waals surface area contributed by atoms with Crippen molar-refractivity contribution in [2.24, 2.45) is 47.3 Å². The highest BCUT2D eigenvalue weighted by molar-refractivity contribution is 7.15. The van der Waals surface area contributed by atoms with Gasteiger partial charge in [-0.25, -0.2) is 15.0 Å². The van der Waals surface area contributed by atoms with E-state index in [2.05, 4.69) is 97.1 Å². The normalized spacial score (nSPS) is 12.2. The van der Waals surface area contributed by atoms with Crippen LogP contribution in [0.5, 0.6) is 5.75 Å². The van der Waals surface area contributed by atoms with Gasteiger partial charge in [-0.2, -0.15) is 0 Å². The summed E-state index contributed by atoms with van der Waals surface area (Å²) in [5.41, 5.74) is 6.11. The molecule has 10 aromatic rings. The molecule has 10 amide bonds. The first-order chi connectivity index (χ1) is 63.6. The lowest BCUT2D eigenvalue weighted by atomic mass is 9.99. The van der Waals surface area contributed by atoms with E-state index in [1.807, 2.05) is 42.8 Å². The van der Waals surface area contributed by atoms with Crippen molar-refractivity contribution in [1.29, 1.82) is 0 Å². The summed E-state index contributed by atoms with van der Waals surface area (Å²) in [6, 6.07) is 18.6. The van der Waals surface area contributed by atoms with Crippen molar-refractivity contribution in [3.63, 3.8) is 0 Å². The van der Waals surface area contributed by atoms with E-state index < -0.39 is 47.4 Å². The number of ether oxygens (including phenoxy) is 8. The quantitative estimate of drug-likeness (QED) is 0.0183. The predicted molar refractivity (Wildman–Crippen MR) is 492 cm³/mol. The van der Waals surface area contributed by atoms with E-state index in [0.29, 0.717) is 158 Å². The number of nitrogens with one attached hydrogen (secondary N) is 10. The summed E-state index contributed by atoms with van der Waals surface area (Å²) in [5.74, 6) is -2.13. The Bertz CT molecular complexity index is 5650. The second kappa shape index (κ2) is 49.8. The molecule has 42 nitrogen and oxygen atoms in total. The number of aromatic nitrogens is 12. The van der Waals surface area contributed by atoms with Crippen molar-refractivity contribution in [2.45, 2.75) is 65.3 Å². The minimum absolute atomic E-state index is 0.0306. The van der Waals surface area contributed by atoms with Crippen LogP contribution in [0.25, 0.3) is 5.00 Å². The summed E-state index contributed by atoms with van der Waals surface area (Å²) in [5, 5.41) is 38.1. The highest BCUT2D eigenvalue weighted by Gasteiger charge is 2.34. The molecule has 0 fully saturated rings. The molecule has 0 spiro atoms. The van der Waals surface area contributed by atoms with Gasteiger partial charge in [-0.05, 0) is 114 Å². The highest BCUT2D eigenvalue weighted by atomic mass is 35.5. The molecule has 11 rings (SSSR count). The SMILES string of the molecule is Cc1sc2c(c1C)C(c1ccc(Cl)cc1)=N[C@@H](CC(=O)Nc1ccc(OCCOCCOCCOCCOCCOCCOCCOCCC(=O)NCCCN(C)CCCNC(=O)c3cc(NC(=O)c4nc(NC(=O)CCNC(=O)c5cc(NC(=O)c6nc(NC(=O)CCNC(=O)c7cc(NC(=O)c8nccn8C)cn7C)cn6C)cn5C)cn4C)cn3C)cc1)c1nnc(C)n1-2. The average Bonchev–Trinajstić information content (AvgIpc) is 1.59. The number of halogens is 1. The van der Waals surface area contributed by atoms with Gasteiger partial charge in [0.2, 0.25) is 35.3 Å². The van der Waals surface area contributed by atoms with Crippen molar-refractivity contribution in [2.75, 3.05) is 177 Å². The van der Waals surface area contributed by atoms with Crippen LogP contribution in [0.4, 0.5) is 34.4 Å². The zero-order chi connectivity index (χ0) is 94.2. The van der Waals surface area contributed by atoms with Crippen LogP contribution < -0.4 is 57.9 Å². The molecule has 1 aliphatic rings. The van der Waals surface area contributed by atoms with Gasteiger partial charge in [0.05, 0.1) is 122 Å². The fraction of sp³-hybridized carbons (Fsp3) is 0.432. The number of fused-ring (bicyclic) bond motifs is 3. The number of thiophene rings is 1. The third-order valence-electron chi connectivity index (χ3n) is 20.6. The molecule has 1 atom stereocenters. The molecule has 0 saturated carbocycles. The lowest BCUT2D eigenvalue weighted by molar-refractivity contribution is -0.122. The topological polar surface area (TPSA) is 479 Å². The third kappa shape index (κ3) is 29.4. The van der Waals surface area contributed by atoms with Crippen LogP contribution in [0.3, 0.4) is 0 Å². The number of imidazole rings is 3. The van der Waals surface area contributed by atoms with Crippen LogP contribution in [-0.2, 0) is 94.6 Å². The molecule has 10 N–H and O–H groups in total. The molecule has 1 aliphatic heterocycles. The van der Waals surface area contributed by atoms with E-state index in [1.54, 1.807) is 112 Å². The number of carbonyl (C=O) groups excluding carboxylic acids is 10. The molecule has 9 heterocycles. The van der Waals surface area contributed by atoms with Crippen molar-refractivity contribution in [3.8, 4) is 10.8 Å². The smallest absolute Gasteiger partial charge is 0.291 e. The lowest BCUT2D eigenvalue weighted by Gasteiger charge is -2.17. The Kier molecular flexibility index (Phi) is 37.5. The summed E-state index contributed by atoms with van der Waals surface area (Å²) in [6.07, 6.45) is 12.1. The average molecular weight is 1860 g/mol. The Balaban J connectivity index is 0.441. The summed E-state index contributed by atoms with van der Waals surface area (Å²) in [6.45, 7) is 14.1. The standard InChI is InChI=1S/C88H113ClN24O18S/c1-56-57(2)132-88-76(56)77(59-13-15-60(89)16-14-59)99-66(78-105-104-58(3)113(78)88)50-75(117)95-61-17-19-65(20-18-61)131-46-45-130-44-43-129-42-41-128-40-39-127-38-37-126-36-35-125-34-33-124-32-23-72(114)90-24-11-29-106(4)30-12-25-92-82(118)67-48-63(52-108(67)6)97-86(122)80-102-70(54-111(80)9)100-74(116)22-27-94-84(120)69-49-64(53-110(69)8)98-87(123)81-103-71(55-112(81)10)101-73(115)21-26-93-83(119)68-47-62(51-109(68)7)96-85(121)79-91-28-31-107(79)5/h13-20,28,31,47-49,51-55,66H,11-12,21-27,29-30,32-46,50H2,1-10H3,(H,90,114)(H,92,118)(H,93,119)(H,94,120)(H,95,117)(H,96,121)(H,97,122)(H,98,123)(H,100,116)(H,101,115)/t66-/m0/s1. The Labute approximate surface area is 770 Å². The molecule has 44 heteroatoms. The molecule has 0 saturated heterocycles. The van der Waals surface area contributed by atoms with Crippen LogP contribution in [0.15, 0.2) is 115 Å². The van der Waals surface area contributed by atoms with Gasteiger partial charge < -0.3 is 123 Å². The van der Waals surface area contributed by atoms with E-state index >= 15 is 0 Å². The maximum Gasteiger partial charge on any atom is 0.291 e. The van der Waals surface area contributed by atoms with Crippen LogP contribution in [0.2, 0.25) is 5.02 Å². The zero-order valence-electron chi connectivity index (χ0n) is 75.5. The summed E-state index contributed by atoms with van der Waals surface area (Å²) >= 11 is 7.92.